The highest BCUT2D eigenvalue weighted by Gasteiger charge is 2.12. The van der Waals surface area contributed by atoms with E-state index in [1.165, 1.54) is 0 Å². The largest absolute Gasteiger partial charge is 0.316 e. The number of nitrogens with zero attached hydrogens (tertiary/aromatic N) is 1. The third-order valence-electron chi connectivity index (χ3n) is 4.09. The van der Waals surface area contributed by atoms with Crippen molar-refractivity contribution in [2.75, 3.05) is 0 Å². The summed E-state index contributed by atoms with van der Waals surface area (Å²) in [6, 6.07) is 16.6. The van der Waals surface area contributed by atoms with E-state index in [9.17, 15) is 4.79 Å². The summed E-state index contributed by atoms with van der Waals surface area (Å²) in [6.45, 7) is 4.00. The third-order valence-corrected chi connectivity index (χ3v) is 4.65. The number of allylic oxidation sites excluding steroid dienone is 1. The molecule has 0 aliphatic carbocycles. The van der Waals surface area contributed by atoms with Crippen LogP contribution in [-0.4, -0.2) is 10.4 Å². The summed E-state index contributed by atoms with van der Waals surface area (Å²) in [5.41, 5.74) is 4.49. The number of rotatable bonds is 4. The van der Waals surface area contributed by atoms with Gasteiger partial charge in [-0.2, -0.15) is 0 Å². The fourth-order valence-corrected chi connectivity index (χ4v) is 3.22. The minimum atomic E-state index is -0.0220. The number of aromatic nitrogens is 1. The second-order valence-corrected chi connectivity index (χ2v) is 6.66. The minimum absolute atomic E-state index is 0.0220. The van der Waals surface area contributed by atoms with Gasteiger partial charge in [0, 0.05) is 22.0 Å². The Balaban J connectivity index is 1.96. The molecule has 0 saturated carbocycles. The van der Waals surface area contributed by atoms with E-state index in [1.54, 1.807) is 18.2 Å². The molecule has 2 nitrogen and oxygen atoms in total. The van der Waals surface area contributed by atoms with Gasteiger partial charge in [-0.1, -0.05) is 53.5 Å². The SMILES string of the molecule is Cc1cc(/C=C/C(=O)c2ccccc2)c(C)n1-c1cc(Cl)ccc1Cl. The van der Waals surface area contributed by atoms with Gasteiger partial charge in [-0.3, -0.25) is 4.79 Å². The summed E-state index contributed by atoms with van der Waals surface area (Å²) >= 11 is 12.5. The van der Waals surface area contributed by atoms with Gasteiger partial charge >= 0.3 is 0 Å². The first-order valence-corrected chi connectivity index (χ1v) is 8.65. The molecule has 0 saturated heterocycles. The van der Waals surface area contributed by atoms with Gasteiger partial charge in [0.15, 0.2) is 5.78 Å². The van der Waals surface area contributed by atoms with E-state index in [4.69, 9.17) is 23.2 Å². The van der Waals surface area contributed by atoms with Crippen molar-refractivity contribution in [3.63, 3.8) is 0 Å². The first-order chi connectivity index (χ1) is 12.0. The maximum atomic E-state index is 12.3. The molecule has 25 heavy (non-hydrogen) atoms. The Labute approximate surface area is 157 Å². The van der Waals surface area contributed by atoms with Gasteiger partial charge in [0.05, 0.1) is 10.7 Å². The van der Waals surface area contributed by atoms with Crippen LogP contribution < -0.4 is 0 Å². The molecule has 0 aliphatic rings. The topological polar surface area (TPSA) is 22.0 Å². The van der Waals surface area contributed by atoms with Crippen LogP contribution in [0.5, 0.6) is 0 Å². The van der Waals surface area contributed by atoms with Crippen LogP contribution in [0.2, 0.25) is 10.0 Å². The summed E-state index contributed by atoms with van der Waals surface area (Å²) < 4.78 is 2.04. The minimum Gasteiger partial charge on any atom is -0.316 e. The predicted molar refractivity (Wildman–Crippen MR) is 105 cm³/mol. The molecule has 0 aliphatic heterocycles. The van der Waals surface area contributed by atoms with Crippen LogP contribution >= 0.6 is 23.2 Å². The maximum Gasteiger partial charge on any atom is 0.185 e. The van der Waals surface area contributed by atoms with E-state index in [-0.39, 0.29) is 5.78 Å². The lowest BCUT2D eigenvalue weighted by molar-refractivity contribution is 0.104. The molecule has 126 valence electrons. The lowest BCUT2D eigenvalue weighted by atomic mass is 10.1. The molecule has 3 aromatic rings. The van der Waals surface area contributed by atoms with Gasteiger partial charge < -0.3 is 4.57 Å². The molecule has 0 atom stereocenters. The molecular weight excluding hydrogens is 353 g/mol. The Morgan fingerprint density at radius 2 is 1.72 bits per heavy atom. The fraction of sp³-hybridized carbons (Fsp3) is 0.0952. The summed E-state index contributed by atoms with van der Waals surface area (Å²) in [5, 5.41) is 1.25. The van der Waals surface area contributed by atoms with Crippen molar-refractivity contribution in [3.8, 4) is 5.69 Å². The molecule has 0 N–H and O–H groups in total. The molecule has 0 bridgehead atoms. The fourth-order valence-electron chi connectivity index (χ4n) is 2.85. The van der Waals surface area contributed by atoms with E-state index in [2.05, 4.69) is 0 Å². The second-order valence-electron chi connectivity index (χ2n) is 5.82. The monoisotopic (exact) mass is 369 g/mol. The Morgan fingerprint density at radius 3 is 2.44 bits per heavy atom. The van der Waals surface area contributed by atoms with Gasteiger partial charge in [-0.25, -0.2) is 0 Å². The van der Waals surface area contributed by atoms with Crippen molar-refractivity contribution in [2.24, 2.45) is 0 Å². The standard InChI is InChI=1S/C21H17Cl2NO/c1-14-12-17(8-11-21(25)16-6-4-3-5-7-16)15(2)24(14)20-13-18(22)9-10-19(20)23/h3-13H,1-2H3/b11-8+. The number of carbonyl (C=O) groups is 1. The molecule has 0 unspecified atom stereocenters. The number of benzene rings is 2. The van der Waals surface area contributed by atoms with Crippen LogP contribution in [0.3, 0.4) is 0 Å². The number of halogens is 2. The van der Waals surface area contributed by atoms with E-state index in [0.29, 0.717) is 15.6 Å². The highest BCUT2D eigenvalue weighted by atomic mass is 35.5. The number of hydrogen-bond acceptors (Lipinski definition) is 1. The first kappa shape index (κ1) is 17.5. The average Bonchev–Trinajstić information content (AvgIpc) is 2.89. The van der Waals surface area contributed by atoms with Gasteiger partial charge in [0.25, 0.3) is 0 Å². The highest BCUT2D eigenvalue weighted by Crippen LogP contribution is 2.29. The van der Waals surface area contributed by atoms with Gasteiger partial charge in [0.2, 0.25) is 0 Å². The Morgan fingerprint density at radius 1 is 1.00 bits per heavy atom. The van der Waals surface area contributed by atoms with Crippen molar-refractivity contribution in [3.05, 3.63) is 93.2 Å². The summed E-state index contributed by atoms with van der Waals surface area (Å²) in [6.07, 6.45) is 3.44. The van der Waals surface area contributed by atoms with E-state index in [0.717, 1.165) is 22.6 Å². The quantitative estimate of drug-likeness (QED) is 0.390. The Bertz CT molecular complexity index is 956. The number of hydrogen-bond donors (Lipinski definition) is 0. The highest BCUT2D eigenvalue weighted by molar-refractivity contribution is 6.34. The zero-order valence-electron chi connectivity index (χ0n) is 14.0. The normalized spacial score (nSPS) is 11.2. The summed E-state index contributed by atoms with van der Waals surface area (Å²) in [7, 11) is 0. The Kier molecular flexibility index (Phi) is 5.12. The van der Waals surface area contributed by atoms with Crippen molar-refractivity contribution in [1.29, 1.82) is 0 Å². The first-order valence-electron chi connectivity index (χ1n) is 7.89. The van der Waals surface area contributed by atoms with Gasteiger partial charge in [-0.05, 0) is 55.8 Å². The molecule has 4 heteroatoms. The van der Waals surface area contributed by atoms with Gasteiger partial charge in [-0.15, -0.1) is 0 Å². The molecule has 1 heterocycles. The molecule has 0 amide bonds. The number of aryl methyl sites for hydroxylation is 1. The van der Waals surface area contributed by atoms with Crippen molar-refractivity contribution >= 4 is 35.1 Å². The summed E-state index contributed by atoms with van der Waals surface area (Å²) in [4.78, 5) is 12.3. The van der Waals surface area contributed by atoms with E-state index < -0.39 is 0 Å². The molecular formula is C21H17Cl2NO. The van der Waals surface area contributed by atoms with Crippen LogP contribution in [0.1, 0.15) is 27.3 Å². The smallest absolute Gasteiger partial charge is 0.185 e. The molecule has 0 spiro atoms. The lowest BCUT2D eigenvalue weighted by Crippen LogP contribution is -2.00. The molecule has 3 rings (SSSR count). The molecule has 0 fully saturated rings. The van der Waals surface area contributed by atoms with Gasteiger partial charge in [0.1, 0.15) is 0 Å². The van der Waals surface area contributed by atoms with Crippen LogP contribution in [0, 0.1) is 13.8 Å². The predicted octanol–water partition coefficient (Wildman–Crippen LogP) is 6.30. The van der Waals surface area contributed by atoms with Crippen molar-refractivity contribution in [1.82, 2.24) is 4.57 Å². The van der Waals surface area contributed by atoms with Crippen molar-refractivity contribution in [2.45, 2.75) is 13.8 Å². The van der Waals surface area contributed by atoms with E-state index in [1.807, 2.05) is 67.0 Å². The van der Waals surface area contributed by atoms with Crippen molar-refractivity contribution < 1.29 is 4.79 Å². The van der Waals surface area contributed by atoms with E-state index >= 15 is 0 Å². The van der Waals surface area contributed by atoms with Crippen LogP contribution in [0.4, 0.5) is 0 Å². The zero-order chi connectivity index (χ0) is 18.0. The zero-order valence-corrected chi connectivity index (χ0v) is 15.5. The van der Waals surface area contributed by atoms with Crippen LogP contribution in [-0.2, 0) is 0 Å². The molecule has 1 aromatic heterocycles. The Hall–Kier alpha value is -2.29. The molecule has 0 radical (unpaired) electrons. The maximum absolute atomic E-state index is 12.3. The van der Waals surface area contributed by atoms with Crippen LogP contribution in [0.15, 0.2) is 60.7 Å². The average molecular weight is 370 g/mol. The summed E-state index contributed by atoms with van der Waals surface area (Å²) in [5.74, 6) is -0.0220. The number of carbonyl (C=O) groups excluding carboxylic acids is 1. The number of ketones is 1. The molecule has 2 aromatic carbocycles. The van der Waals surface area contributed by atoms with Crippen LogP contribution in [0.25, 0.3) is 11.8 Å². The second kappa shape index (κ2) is 7.30. The third kappa shape index (κ3) is 3.71. The lowest BCUT2D eigenvalue weighted by Gasteiger charge is -2.12.